The van der Waals surface area contributed by atoms with E-state index >= 15 is 0 Å². The molecule has 0 aromatic heterocycles. The van der Waals surface area contributed by atoms with Gasteiger partial charge in [0.05, 0.1) is 6.61 Å². The van der Waals surface area contributed by atoms with Crippen LogP contribution in [0.1, 0.15) is 31.7 Å². The Kier molecular flexibility index (Phi) is 7.62. The molecule has 1 fully saturated rings. The van der Waals surface area contributed by atoms with Gasteiger partial charge in [0.1, 0.15) is 0 Å². The van der Waals surface area contributed by atoms with Crippen LogP contribution in [0, 0.1) is 17.7 Å². The highest BCUT2D eigenvalue weighted by Crippen LogP contribution is 2.31. The summed E-state index contributed by atoms with van der Waals surface area (Å²) in [7, 11) is 0. The van der Waals surface area contributed by atoms with Crippen LogP contribution in [0.2, 0.25) is 0 Å². The predicted molar refractivity (Wildman–Crippen MR) is 86.5 cm³/mol. The fraction of sp³-hybridized carbons (Fsp3) is 0.562. The first kappa shape index (κ1) is 18.7. The zero-order valence-corrected chi connectivity index (χ0v) is 13.6. The quantitative estimate of drug-likeness (QED) is 0.842. The molecule has 22 heavy (non-hydrogen) atoms. The molecule has 124 valence electrons. The lowest BCUT2D eigenvalue weighted by Gasteiger charge is -2.17. The van der Waals surface area contributed by atoms with Gasteiger partial charge in [0, 0.05) is 12.5 Å². The van der Waals surface area contributed by atoms with E-state index < -0.39 is 5.82 Å². The zero-order valence-electron chi connectivity index (χ0n) is 12.8. The van der Waals surface area contributed by atoms with E-state index in [9.17, 15) is 9.18 Å². The molecular weight excluding hydrogens is 307 g/mol. The van der Waals surface area contributed by atoms with Crippen molar-refractivity contribution in [3.05, 3.63) is 29.6 Å². The summed E-state index contributed by atoms with van der Waals surface area (Å²) < 4.78 is 18.9. The summed E-state index contributed by atoms with van der Waals surface area (Å²) in [5.74, 6) is 0.151. The van der Waals surface area contributed by atoms with Crippen molar-refractivity contribution in [2.75, 3.05) is 13.2 Å². The average molecular weight is 331 g/mol. The molecular formula is C16H24ClFN2O2. The van der Waals surface area contributed by atoms with Gasteiger partial charge in [0.15, 0.2) is 11.6 Å². The second-order valence-corrected chi connectivity index (χ2v) is 5.45. The Morgan fingerprint density at radius 1 is 1.45 bits per heavy atom. The summed E-state index contributed by atoms with van der Waals surface area (Å²) in [6.45, 7) is 3.11. The number of nitrogens with two attached hydrogens (primary N) is 1. The molecule has 1 aliphatic rings. The van der Waals surface area contributed by atoms with Gasteiger partial charge in [-0.15, -0.1) is 12.4 Å². The minimum Gasteiger partial charge on any atom is -0.491 e. The fourth-order valence-electron chi connectivity index (χ4n) is 2.91. The van der Waals surface area contributed by atoms with Gasteiger partial charge in [-0.3, -0.25) is 4.79 Å². The van der Waals surface area contributed by atoms with Crippen LogP contribution in [0.3, 0.4) is 0 Å². The number of carbonyl (C=O) groups is 1. The summed E-state index contributed by atoms with van der Waals surface area (Å²) in [5.41, 5.74) is 6.42. The minimum atomic E-state index is -0.399. The summed E-state index contributed by atoms with van der Waals surface area (Å²) >= 11 is 0. The van der Waals surface area contributed by atoms with Gasteiger partial charge in [-0.25, -0.2) is 4.39 Å². The standard InChI is InChI=1S/C16H23FN2O2.ClH/c1-2-21-15-7-6-11(8-14(15)17)10-19-16(20)13-5-3-4-12(13)9-18;/h6-8,12-13H,2-5,9-10,18H2,1H3,(H,19,20);1H/t12-,13-;/m1./s1. The lowest BCUT2D eigenvalue weighted by Crippen LogP contribution is -2.34. The first-order valence-corrected chi connectivity index (χ1v) is 7.54. The smallest absolute Gasteiger partial charge is 0.223 e. The molecule has 1 aromatic rings. The lowest BCUT2D eigenvalue weighted by atomic mass is 9.95. The van der Waals surface area contributed by atoms with E-state index in [1.165, 1.54) is 6.07 Å². The first-order valence-electron chi connectivity index (χ1n) is 7.54. The molecule has 0 heterocycles. The highest BCUT2D eigenvalue weighted by molar-refractivity contribution is 5.85. The Morgan fingerprint density at radius 3 is 2.86 bits per heavy atom. The van der Waals surface area contributed by atoms with Crippen molar-refractivity contribution in [2.24, 2.45) is 17.6 Å². The Morgan fingerprint density at radius 2 is 2.23 bits per heavy atom. The molecule has 0 spiro atoms. The van der Waals surface area contributed by atoms with E-state index in [2.05, 4.69) is 5.32 Å². The van der Waals surface area contributed by atoms with Gasteiger partial charge >= 0.3 is 0 Å². The van der Waals surface area contributed by atoms with E-state index in [4.69, 9.17) is 10.5 Å². The van der Waals surface area contributed by atoms with E-state index in [1.54, 1.807) is 12.1 Å². The third kappa shape index (κ3) is 4.58. The van der Waals surface area contributed by atoms with Crippen LogP contribution in [-0.4, -0.2) is 19.1 Å². The number of carbonyl (C=O) groups excluding carboxylic acids is 1. The molecule has 3 N–H and O–H groups in total. The third-order valence-corrected chi connectivity index (χ3v) is 4.06. The van der Waals surface area contributed by atoms with Gasteiger partial charge in [0.25, 0.3) is 0 Å². The molecule has 1 amide bonds. The van der Waals surface area contributed by atoms with Crippen LogP contribution in [0.5, 0.6) is 5.75 Å². The number of hydrogen-bond donors (Lipinski definition) is 2. The highest BCUT2D eigenvalue weighted by Gasteiger charge is 2.31. The summed E-state index contributed by atoms with van der Waals surface area (Å²) in [6.07, 6.45) is 2.97. The molecule has 0 aliphatic heterocycles. The van der Waals surface area contributed by atoms with Crippen molar-refractivity contribution in [1.82, 2.24) is 5.32 Å². The number of hydrogen-bond acceptors (Lipinski definition) is 3. The van der Waals surface area contributed by atoms with Crippen molar-refractivity contribution in [1.29, 1.82) is 0 Å². The molecule has 6 heteroatoms. The van der Waals surface area contributed by atoms with Gasteiger partial charge in [-0.2, -0.15) is 0 Å². The van der Waals surface area contributed by atoms with Gasteiger partial charge in [0.2, 0.25) is 5.91 Å². The topological polar surface area (TPSA) is 64.3 Å². The highest BCUT2D eigenvalue weighted by atomic mass is 35.5. The van der Waals surface area contributed by atoms with E-state index in [1.807, 2.05) is 6.92 Å². The lowest BCUT2D eigenvalue weighted by molar-refractivity contribution is -0.126. The van der Waals surface area contributed by atoms with Crippen molar-refractivity contribution in [2.45, 2.75) is 32.7 Å². The second-order valence-electron chi connectivity index (χ2n) is 5.45. The maximum absolute atomic E-state index is 13.7. The minimum absolute atomic E-state index is 0. The number of nitrogens with one attached hydrogen (secondary N) is 1. The van der Waals surface area contributed by atoms with Crippen LogP contribution in [0.4, 0.5) is 4.39 Å². The fourth-order valence-corrected chi connectivity index (χ4v) is 2.91. The van der Waals surface area contributed by atoms with Crippen molar-refractivity contribution >= 4 is 18.3 Å². The summed E-state index contributed by atoms with van der Waals surface area (Å²) in [6, 6.07) is 4.77. The Balaban J connectivity index is 0.00000242. The number of amides is 1. The predicted octanol–water partition coefficient (Wildman–Crippen LogP) is 2.64. The summed E-state index contributed by atoms with van der Waals surface area (Å²) in [4.78, 5) is 12.2. The molecule has 4 nitrogen and oxygen atoms in total. The molecule has 1 aromatic carbocycles. The Labute approximate surface area is 137 Å². The number of ether oxygens (including phenoxy) is 1. The maximum atomic E-state index is 13.7. The van der Waals surface area contributed by atoms with Crippen molar-refractivity contribution in [3.8, 4) is 5.75 Å². The van der Waals surface area contributed by atoms with Gasteiger partial charge in [-0.1, -0.05) is 12.5 Å². The van der Waals surface area contributed by atoms with Crippen LogP contribution in [0.25, 0.3) is 0 Å². The molecule has 0 bridgehead atoms. The van der Waals surface area contributed by atoms with E-state index in [0.29, 0.717) is 19.7 Å². The monoisotopic (exact) mass is 330 g/mol. The molecule has 0 radical (unpaired) electrons. The van der Waals surface area contributed by atoms with Crippen molar-refractivity contribution < 1.29 is 13.9 Å². The molecule has 0 unspecified atom stereocenters. The second kappa shape index (κ2) is 8.96. The molecule has 2 atom stereocenters. The van der Waals surface area contributed by atoms with Crippen LogP contribution < -0.4 is 15.8 Å². The Bertz CT molecular complexity index is 499. The number of benzene rings is 1. The van der Waals surface area contributed by atoms with Gasteiger partial charge in [-0.05, 0) is 49.9 Å². The van der Waals surface area contributed by atoms with Crippen LogP contribution >= 0.6 is 12.4 Å². The molecule has 2 rings (SSSR count). The average Bonchev–Trinajstić information content (AvgIpc) is 2.96. The summed E-state index contributed by atoms with van der Waals surface area (Å²) in [5, 5.41) is 2.88. The molecule has 0 saturated heterocycles. The largest absolute Gasteiger partial charge is 0.491 e. The van der Waals surface area contributed by atoms with Crippen LogP contribution in [0.15, 0.2) is 18.2 Å². The number of rotatable bonds is 6. The van der Waals surface area contributed by atoms with Crippen molar-refractivity contribution in [3.63, 3.8) is 0 Å². The Hall–Kier alpha value is -1.33. The number of halogens is 2. The molecule has 1 saturated carbocycles. The third-order valence-electron chi connectivity index (χ3n) is 4.06. The normalized spacial score (nSPS) is 20.3. The van der Waals surface area contributed by atoms with E-state index in [-0.39, 0.29) is 35.9 Å². The van der Waals surface area contributed by atoms with Gasteiger partial charge < -0.3 is 15.8 Å². The molecule has 1 aliphatic carbocycles. The first-order chi connectivity index (χ1) is 10.2. The maximum Gasteiger partial charge on any atom is 0.223 e. The SMILES string of the molecule is CCOc1ccc(CNC(=O)[C@@H]2CCC[C@@H]2CN)cc1F.Cl. The van der Waals surface area contributed by atoms with E-state index in [0.717, 1.165) is 24.8 Å². The van der Waals surface area contributed by atoms with Crippen LogP contribution in [-0.2, 0) is 11.3 Å². The zero-order chi connectivity index (χ0) is 15.2.